The van der Waals surface area contributed by atoms with Crippen LogP contribution in [-0.2, 0) is 4.79 Å². The Morgan fingerprint density at radius 1 is 1.20 bits per heavy atom. The summed E-state index contributed by atoms with van der Waals surface area (Å²) in [6, 6.07) is 6.24. The van der Waals surface area contributed by atoms with Crippen LogP contribution in [0.2, 0.25) is 0 Å². The molecule has 110 valence electrons. The van der Waals surface area contributed by atoms with Crippen LogP contribution in [0.1, 0.15) is 50.7 Å². The van der Waals surface area contributed by atoms with Gasteiger partial charge in [0.1, 0.15) is 0 Å². The van der Waals surface area contributed by atoms with Crippen LogP contribution < -0.4 is 10.6 Å². The van der Waals surface area contributed by atoms with Crippen LogP contribution in [-0.4, -0.2) is 19.0 Å². The number of hydrogen-bond donors (Lipinski definition) is 2. The minimum Gasteiger partial charge on any atom is -0.324 e. The molecule has 0 unspecified atom stereocenters. The highest BCUT2D eigenvalue weighted by Crippen LogP contribution is 2.32. The SMILES string of the molecule is C=CCNCC(=O)Nc1c(C(C)C)cccc1C(C)C. The van der Waals surface area contributed by atoms with Crippen LogP contribution >= 0.6 is 0 Å². The molecule has 2 N–H and O–H groups in total. The first kappa shape index (κ1) is 16.4. The van der Waals surface area contributed by atoms with Gasteiger partial charge in [-0.1, -0.05) is 52.0 Å². The zero-order chi connectivity index (χ0) is 15.1. The molecule has 0 aliphatic rings. The smallest absolute Gasteiger partial charge is 0.238 e. The molecule has 0 bridgehead atoms. The fourth-order valence-electron chi connectivity index (χ4n) is 2.17. The zero-order valence-corrected chi connectivity index (χ0v) is 13.0. The molecule has 0 fully saturated rings. The Hall–Kier alpha value is -1.61. The molecule has 0 saturated heterocycles. The Labute approximate surface area is 122 Å². The van der Waals surface area contributed by atoms with Gasteiger partial charge in [0.15, 0.2) is 0 Å². The maximum absolute atomic E-state index is 12.0. The molecule has 0 aliphatic heterocycles. The van der Waals surface area contributed by atoms with Crippen molar-refractivity contribution < 1.29 is 4.79 Å². The van der Waals surface area contributed by atoms with E-state index in [4.69, 9.17) is 0 Å². The fraction of sp³-hybridized carbons (Fsp3) is 0.471. The van der Waals surface area contributed by atoms with Gasteiger partial charge in [0.05, 0.1) is 6.54 Å². The Balaban J connectivity index is 2.95. The van der Waals surface area contributed by atoms with Gasteiger partial charge in [0, 0.05) is 12.2 Å². The summed E-state index contributed by atoms with van der Waals surface area (Å²) in [5, 5.41) is 6.09. The van der Waals surface area contributed by atoms with Gasteiger partial charge in [-0.3, -0.25) is 4.79 Å². The molecule has 3 nitrogen and oxygen atoms in total. The normalized spacial score (nSPS) is 10.9. The van der Waals surface area contributed by atoms with Crippen LogP contribution in [0.25, 0.3) is 0 Å². The fourth-order valence-corrected chi connectivity index (χ4v) is 2.17. The number of rotatable bonds is 7. The van der Waals surface area contributed by atoms with Gasteiger partial charge in [-0.15, -0.1) is 6.58 Å². The summed E-state index contributed by atoms with van der Waals surface area (Å²) in [4.78, 5) is 12.0. The second-order valence-electron chi connectivity index (χ2n) is 5.59. The Kier molecular flexibility index (Phi) is 6.46. The summed E-state index contributed by atoms with van der Waals surface area (Å²) in [7, 11) is 0. The third-order valence-corrected chi connectivity index (χ3v) is 3.21. The lowest BCUT2D eigenvalue weighted by Crippen LogP contribution is -2.29. The molecule has 20 heavy (non-hydrogen) atoms. The van der Waals surface area contributed by atoms with Crippen LogP contribution in [0.5, 0.6) is 0 Å². The number of para-hydroxylation sites is 1. The van der Waals surface area contributed by atoms with Crippen molar-refractivity contribution in [3.05, 3.63) is 42.0 Å². The van der Waals surface area contributed by atoms with Gasteiger partial charge in [0.2, 0.25) is 5.91 Å². The minimum absolute atomic E-state index is 0.0122. The Morgan fingerprint density at radius 3 is 2.20 bits per heavy atom. The second kappa shape index (κ2) is 7.85. The first-order valence-electron chi connectivity index (χ1n) is 7.21. The lowest BCUT2D eigenvalue weighted by atomic mass is 9.92. The lowest BCUT2D eigenvalue weighted by Gasteiger charge is -2.20. The number of hydrogen-bond acceptors (Lipinski definition) is 2. The molecule has 0 aliphatic carbocycles. The van der Waals surface area contributed by atoms with Crippen LogP contribution in [0.4, 0.5) is 5.69 Å². The van der Waals surface area contributed by atoms with Gasteiger partial charge in [-0.2, -0.15) is 0 Å². The summed E-state index contributed by atoms with van der Waals surface area (Å²) in [5.41, 5.74) is 3.35. The van der Waals surface area contributed by atoms with E-state index in [0.717, 1.165) is 5.69 Å². The highest BCUT2D eigenvalue weighted by Gasteiger charge is 2.15. The molecule has 0 heterocycles. The molecule has 1 aromatic rings. The number of nitrogens with one attached hydrogen (secondary N) is 2. The van der Waals surface area contributed by atoms with Crippen molar-refractivity contribution in [1.82, 2.24) is 5.32 Å². The quantitative estimate of drug-likeness (QED) is 0.588. The van der Waals surface area contributed by atoms with E-state index in [1.54, 1.807) is 6.08 Å². The topological polar surface area (TPSA) is 41.1 Å². The molecule has 0 aromatic heterocycles. The third-order valence-electron chi connectivity index (χ3n) is 3.21. The van der Waals surface area contributed by atoms with E-state index in [1.807, 2.05) is 0 Å². The van der Waals surface area contributed by atoms with Crippen molar-refractivity contribution in [2.45, 2.75) is 39.5 Å². The van der Waals surface area contributed by atoms with Crippen LogP contribution in [0.15, 0.2) is 30.9 Å². The molecule has 0 saturated carbocycles. The highest BCUT2D eigenvalue weighted by molar-refractivity contribution is 5.94. The molecular formula is C17H26N2O. The summed E-state index contributed by atoms with van der Waals surface area (Å²) in [5.74, 6) is 0.747. The molecular weight excluding hydrogens is 248 g/mol. The van der Waals surface area contributed by atoms with Crippen molar-refractivity contribution in [1.29, 1.82) is 0 Å². The summed E-state index contributed by atoms with van der Waals surface area (Å²) in [6.07, 6.45) is 1.74. The number of carbonyl (C=O) groups is 1. The maximum Gasteiger partial charge on any atom is 0.238 e. The van der Waals surface area contributed by atoms with Gasteiger partial charge >= 0.3 is 0 Å². The standard InChI is InChI=1S/C17H26N2O/c1-6-10-18-11-16(20)19-17-14(12(2)3)8-7-9-15(17)13(4)5/h6-9,12-13,18H,1,10-11H2,2-5H3,(H,19,20). The van der Waals surface area contributed by atoms with Crippen molar-refractivity contribution in [3.63, 3.8) is 0 Å². The van der Waals surface area contributed by atoms with E-state index in [2.05, 4.69) is 63.1 Å². The third kappa shape index (κ3) is 4.49. The summed E-state index contributed by atoms with van der Waals surface area (Å²) in [6.45, 7) is 13.1. The Morgan fingerprint density at radius 2 is 1.75 bits per heavy atom. The molecule has 0 spiro atoms. The second-order valence-corrected chi connectivity index (χ2v) is 5.59. The minimum atomic E-state index is -0.0122. The van der Waals surface area contributed by atoms with E-state index < -0.39 is 0 Å². The number of amides is 1. The molecule has 1 rings (SSSR count). The predicted molar refractivity (Wildman–Crippen MR) is 86.3 cm³/mol. The summed E-state index contributed by atoms with van der Waals surface area (Å²) < 4.78 is 0. The first-order chi connectivity index (χ1) is 9.47. The zero-order valence-electron chi connectivity index (χ0n) is 13.0. The van der Waals surface area contributed by atoms with Crippen molar-refractivity contribution in [2.24, 2.45) is 0 Å². The van der Waals surface area contributed by atoms with Gasteiger partial charge in [-0.05, 0) is 23.0 Å². The molecule has 0 atom stereocenters. The highest BCUT2D eigenvalue weighted by atomic mass is 16.1. The van der Waals surface area contributed by atoms with Crippen LogP contribution in [0.3, 0.4) is 0 Å². The lowest BCUT2D eigenvalue weighted by molar-refractivity contribution is -0.115. The van der Waals surface area contributed by atoms with E-state index >= 15 is 0 Å². The van der Waals surface area contributed by atoms with E-state index in [1.165, 1.54) is 11.1 Å². The predicted octanol–water partition coefficient (Wildman–Crippen LogP) is 3.65. The molecule has 3 heteroatoms. The van der Waals surface area contributed by atoms with E-state index in [-0.39, 0.29) is 5.91 Å². The van der Waals surface area contributed by atoms with Crippen molar-refractivity contribution in [2.75, 3.05) is 18.4 Å². The van der Waals surface area contributed by atoms with Gasteiger partial charge in [-0.25, -0.2) is 0 Å². The number of benzene rings is 1. The number of carbonyl (C=O) groups excluding carboxylic acids is 1. The van der Waals surface area contributed by atoms with Crippen LogP contribution in [0, 0.1) is 0 Å². The molecule has 1 amide bonds. The van der Waals surface area contributed by atoms with Crippen molar-refractivity contribution in [3.8, 4) is 0 Å². The average Bonchev–Trinajstić information content (AvgIpc) is 2.38. The number of anilines is 1. The average molecular weight is 274 g/mol. The summed E-state index contributed by atoms with van der Waals surface area (Å²) >= 11 is 0. The Bertz CT molecular complexity index is 438. The maximum atomic E-state index is 12.0. The first-order valence-corrected chi connectivity index (χ1v) is 7.21. The largest absolute Gasteiger partial charge is 0.324 e. The van der Waals surface area contributed by atoms with E-state index in [9.17, 15) is 4.79 Å². The molecule has 0 radical (unpaired) electrons. The van der Waals surface area contributed by atoms with Gasteiger partial charge in [0.25, 0.3) is 0 Å². The van der Waals surface area contributed by atoms with Crippen molar-refractivity contribution >= 4 is 11.6 Å². The van der Waals surface area contributed by atoms with E-state index in [0.29, 0.717) is 24.9 Å². The van der Waals surface area contributed by atoms with Gasteiger partial charge < -0.3 is 10.6 Å². The molecule has 1 aromatic carbocycles. The monoisotopic (exact) mass is 274 g/mol.